The van der Waals surface area contributed by atoms with Crippen LogP contribution in [0.25, 0.3) is 0 Å². The van der Waals surface area contributed by atoms with E-state index < -0.39 is 5.54 Å². The fourth-order valence-corrected chi connectivity index (χ4v) is 3.42. The highest BCUT2D eigenvalue weighted by Crippen LogP contribution is 2.42. The first-order chi connectivity index (χ1) is 11.1. The molecule has 0 unspecified atom stereocenters. The van der Waals surface area contributed by atoms with Gasteiger partial charge in [-0.25, -0.2) is 4.79 Å². The molecule has 2 amide bonds. The number of likely N-dealkylation sites (N-methyl/N-ethyl adjacent to an activating group) is 1. The fourth-order valence-electron chi connectivity index (χ4n) is 3.42. The maximum absolute atomic E-state index is 12.1. The predicted octanol–water partition coefficient (Wildman–Crippen LogP) is 1.60. The Morgan fingerprint density at radius 1 is 1.04 bits per heavy atom. The van der Waals surface area contributed by atoms with E-state index in [0.29, 0.717) is 5.69 Å². The van der Waals surface area contributed by atoms with Crippen molar-refractivity contribution in [2.24, 2.45) is 4.99 Å². The Morgan fingerprint density at radius 3 is 2.30 bits per heavy atom. The summed E-state index contributed by atoms with van der Waals surface area (Å²) in [5, 5.41) is 0. The summed E-state index contributed by atoms with van der Waals surface area (Å²) in [6, 6.07) is 7.45. The van der Waals surface area contributed by atoms with Gasteiger partial charge in [0.05, 0.1) is 12.1 Å². The van der Waals surface area contributed by atoms with Crippen LogP contribution in [0.2, 0.25) is 0 Å². The van der Waals surface area contributed by atoms with Crippen molar-refractivity contribution in [1.29, 1.82) is 0 Å². The van der Waals surface area contributed by atoms with Gasteiger partial charge in [-0.1, -0.05) is 25.0 Å². The summed E-state index contributed by atoms with van der Waals surface area (Å²) in [4.78, 5) is 41.7. The number of rotatable bonds is 3. The predicted molar refractivity (Wildman–Crippen MR) is 84.7 cm³/mol. The molecule has 1 aliphatic heterocycles. The highest BCUT2D eigenvalue weighted by molar-refractivity contribution is 6.04. The lowest BCUT2D eigenvalue weighted by Gasteiger charge is -2.32. The molecule has 0 N–H and O–H groups in total. The van der Waals surface area contributed by atoms with Crippen LogP contribution in [-0.4, -0.2) is 42.9 Å². The summed E-state index contributed by atoms with van der Waals surface area (Å²) in [5.41, 5.74) is 1.20. The molecular formula is C17H19N3O3. The van der Waals surface area contributed by atoms with E-state index in [9.17, 15) is 14.4 Å². The largest absolute Gasteiger partial charge is 0.335 e. The molecule has 1 saturated heterocycles. The molecule has 6 nitrogen and oxygen atoms in total. The Kier molecular flexibility index (Phi) is 4.01. The Bertz CT molecular complexity index is 671. The topological polar surface area (TPSA) is 70.1 Å². The number of carbonyl (C=O) groups is 2. The number of amides is 2. The normalized spacial score (nSPS) is 20.6. The number of carbonyl (C=O) groups excluding carboxylic acids is 3. The number of benzene rings is 1. The molecule has 0 spiro atoms. The average Bonchev–Trinajstić information content (AvgIpc) is 3.01. The average molecular weight is 313 g/mol. The van der Waals surface area contributed by atoms with Crippen LogP contribution in [0.4, 0.5) is 5.69 Å². The lowest BCUT2D eigenvalue weighted by Crippen LogP contribution is -2.52. The molecule has 2 fully saturated rings. The quantitative estimate of drug-likeness (QED) is 0.628. The van der Waals surface area contributed by atoms with Crippen LogP contribution in [-0.2, 0) is 19.9 Å². The smallest absolute Gasteiger partial charge is 0.247 e. The summed E-state index contributed by atoms with van der Waals surface area (Å²) in [5.74, 6) is -0.173. The van der Waals surface area contributed by atoms with Crippen LogP contribution in [0.3, 0.4) is 0 Å². The molecule has 0 bridgehead atoms. The zero-order chi connectivity index (χ0) is 16.4. The third-order valence-electron chi connectivity index (χ3n) is 4.80. The first-order valence-electron chi connectivity index (χ1n) is 7.80. The summed E-state index contributed by atoms with van der Waals surface area (Å²) < 4.78 is 0. The molecule has 120 valence electrons. The molecule has 0 aromatic heterocycles. The molecule has 3 rings (SSSR count). The van der Waals surface area contributed by atoms with Gasteiger partial charge in [-0.2, -0.15) is 4.99 Å². The Balaban J connectivity index is 1.86. The first-order valence-corrected chi connectivity index (χ1v) is 7.80. The van der Waals surface area contributed by atoms with E-state index in [2.05, 4.69) is 4.99 Å². The van der Waals surface area contributed by atoms with Gasteiger partial charge in [-0.05, 0) is 30.5 Å². The molecule has 0 radical (unpaired) electrons. The van der Waals surface area contributed by atoms with E-state index in [4.69, 9.17) is 0 Å². The van der Waals surface area contributed by atoms with E-state index in [1.54, 1.807) is 13.1 Å². The van der Waals surface area contributed by atoms with Crippen LogP contribution < -0.4 is 4.90 Å². The zero-order valence-corrected chi connectivity index (χ0v) is 13.1. The number of hydrogen-bond donors (Lipinski definition) is 0. The van der Waals surface area contributed by atoms with E-state index in [1.807, 2.05) is 24.3 Å². The summed E-state index contributed by atoms with van der Waals surface area (Å²) in [6.45, 7) is 0.159. The Labute approximate surface area is 134 Å². The minimum atomic E-state index is -0.470. The molecule has 23 heavy (non-hydrogen) atoms. The summed E-state index contributed by atoms with van der Waals surface area (Å²) in [7, 11) is 1.63. The Hall–Kier alpha value is -2.46. The van der Waals surface area contributed by atoms with Crippen LogP contribution in [0, 0.1) is 0 Å². The molecular weight excluding hydrogens is 294 g/mol. The maximum Gasteiger partial charge on any atom is 0.247 e. The van der Waals surface area contributed by atoms with Crippen molar-refractivity contribution in [3.8, 4) is 0 Å². The van der Waals surface area contributed by atoms with Crippen LogP contribution in [0.1, 0.15) is 31.2 Å². The highest BCUT2D eigenvalue weighted by Gasteiger charge is 2.36. The molecule has 6 heteroatoms. The number of anilines is 1. The highest BCUT2D eigenvalue weighted by atomic mass is 16.2. The standard InChI is InChI=1S/C17H19N3O3/c1-19-10-16(23)20(11-15(19)22)14-6-4-13(5-7-14)17(18-12-21)8-2-3-9-17/h4-7H,2-3,8-11H2,1H3. The van der Waals surface area contributed by atoms with E-state index in [-0.39, 0.29) is 24.9 Å². The van der Waals surface area contributed by atoms with Crippen molar-refractivity contribution in [3.63, 3.8) is 0 Å². The second-order valence-electron chi connectivity index (χ2n) is 6.22. The van der Waals surface area contributed by atoms with Gasteiger partial charge >= 0.3 is 0 Å². The van der Waals surface area contributed by atoms with Crippen molar-refractivity contribution in [1.82, 2.24) is 4.90 Å². The Morgan fingerprint density at radius 2 is 1.70 bits per heavy atom. The van der Waals surface area contributed by atoms with Crippen molar-refractivity contribution in [2.45, 2.75) is 31.2 Å². The van der Waals surface area contributed by atoms with Crippen LogP contribution >= 0.6 is 0 Å². The van der Waals surface area contributed by atoms with E-state index in [1.165, 1.54) is 9.80 Å². The molecule has 1 heterocycles. The van der Waals surface area contributed by atoms with Crippen molar-refractivity contribution in [2.75, 3.05) is 25.0 Å². The van der Waals surface area contributed by atoms with Crippen LogP contribution in [0.15, 0.2) is 29.3 Å². The molecule has 1 aromatic carbocycles. The number of isocyanates is 1. The zero-order valence-electron chi connectivity index (χ0n) is 13.1. The molecule has 1 aliphatic carbocycles. The van der Waals surface area contributed by atoms with Gasteiger partial charge in [0.25, 0.3) is 0 Å². The molecule has 1 saturated carbocycles. The number of piperazine rings is 1. The summed E-state index contributed by atoms with van der Waals surface area (Å²) >= 11 is 0. The van der Waals surface area contributed by atoms with Crippen molar-refractivity contribution >= 4 is 23.6 Å². The van der Waals surface area contributed by atoms with Crippen molar-refractivity contribution < 1.29 is 14.4 Å². The fraction of sp³-hybridized carbons (Fsp3) is 0.471. The van der Waals surface area contributed by atoms with Crippen molar-refractivity contribution in [3.05, 3.63) is 29.8 Å². The third-order valence-corrected chi connectivity index (χ3v) is 4.80. The summed E-state index contributed by atoms with van der Waals surface area (Å²) in [6.07, 6.45) is 5.47. The lowest BCUT2D eigenvalue weighted by molar-refractivity contribution is -0.136. The van der Waals surface area contributed by atoms with Gasteiger partial charge in [-0.15, -0.1) is 0 Å². The number of aliphatic imine (C=N–C) groups is 1. The minimum Gasteiger partial charge on any atom is -0.335 e. The van der Waals surface area contributed by atoms with Gasteiger partial charge in [-0.3, -0.25) is 9.59 Å². The third kappa shape index (κ3) is 2.78. The maximum atomic E-state index is 12.1. The van der Waals surface area contributed by atoms with Gasteiger partial charge in [0, 0.05) is 12.7 Å². The second kappa shape index (κ2) is 5.97. The number of hydrogen-bond acceptors (Lipinski definition) is 4. The van der Waals surface area contributed by atoms with Gasteiger partial charge in [0.2, 0.25) is 17.9 Å². The first kappa shape index (κ1) is 15.4. The second-order valence-corrected chi connectivity index (χ2v) is 6.22. The monoisotopic (exact) mass is 313 g/mol. The van der Waals surface area contributed by atoms with E-state index >= 15 is 0 Å². The minimum absolute atomic E-state index is 0.0618. The SMILES string of the molecule is CN1CC(=O)N(c2ccc(C3(N=C=O)CCCC3)cc2)CC1=O. The molecule has 1 aromatic rings. The van der Waals surface area contributed by atoms with Gasteiger partial charge < -0.3 is 9.80 Å². The lowest BCUT2D eigenvalue weighted by atomic mass is 9.89. The van der Waals surface area contributed by atoms with E-state index in [0.717, 1.165) is 31.2 Å². The van der Waals surface area contributed by atoms with Crippen LogP contribution in [0.5, 0.6) is 0 Å². The van der Waals surface area contributed by atoms with Gasteiger partial charge in [0.1, 0.15) is 6.54 Å². The molecule has 0 atom stereocenters. The molecule has 2 aliphatic rings. The van der Waals surface area contributed by atoms with Gasteiger partial charge in [0.15, 0.2) is 0 Å². The number of nitrogens with zero attached hydrogens (tertiary/aromatic N) is 3.